The van der Waals surface area contributed by atoms with E-state index in [2.05, 4.69) is 20.1 Å². The number of imidazole rings is 1. The minimum atomic E-state index is -0.284. The molecule has 0 bridgehead atoms. The van der Waals surface area contributed by atoms with Crippen LogP contribution in [0, 0.1) is 13.8 Å². The van der Waals surface area contributed by atoms with Gasteiger partial charge >= 0.3 is 5.69 Å². The van der Waals surface area contributed by atoms with Gasteiger partial charge < -0.3 is 14.6 Å². The number of pyridine rings is 2. The maximum atomic E-state index is 12.9. The number of aromatic nitrogens is 5. The van der Waals surface area contributed by atoms with Crippen molar-refractivity contribution in [1.29, 1.82) is 0 Å². The maximum absolute atomic E-state index is 12.9. The van der Waals surface area contributed by atoms with E-state index in [4.69, 9.17) is 4.52 Å². The Hall–Kier alpha value is -3.78. The summed E-state index contributed by atoms with van der Waals surface area (Å²) in [4.78, 5) is 24.8. The second-order valence-electron chi connectivity index (χ2n) is 7.64. The van der Waals surface area contributed by atoms with Crippen molar-refractivity contribution < 1.29 is 9.63 Å². The number of nitrogens with zero attached hydrogens (tertiary/aromatic N) is 4. The van der Waals surface area contributed by atoms with Gasteiger partial charge in [-0.2, -0.15) is 0 Å². The summed E-state index contributed by atoms with van der Waals surface area (Å²) in [5.74, 6) is 0.676. The van der Waals surface area contributed by atoms with Crippen molar-refractivity contribution in [3.8, 4) is 11.1 Å². The van der Waals surface area contributed by atoms with E-state index in [-0.39, 0.29) is 18.3 Å². The molecule has 2 N–H and O–H groups in total. The Balaban J connectivity index is 1.82. The molecule has 1 atom stereocenters. The molecule has 0 aliphatic rings. The largest absolute Gasteiger partial charge is 0.392 e. The van der Waals surface area contributed by atoms with E-state index in [9.17, 15) is 9.90 Å². The van der Waals surface area contributed by atoms with E-state index >= 15 is 0 Å². The van der Waals surface area contributed by atoms with Gasteiger partial charge in [0.25, 0.3) is 0 Å². The van der Waals surface area contributed by atoms with Gasteiger partial charge in [0.05, 0.1) is 46.8 Å². The highest BCUT2D eigenvalue weighted by molar-refractivity contribution is 6.04. The molecule has 0 unspecified atom stereocenters. The fraction of sp³-hybridized carbons (Fsp3) is 0.217. The van der Waals surface area contributed by atoms with Crippen molar-refractivity contribution in [3.05, 3.63) is 75.9 Å². The molecular weight excluding hydrogens is 394 g/mol. The quantitative estimate of drug-likeness (QED) is 0.464. The van der Waals surface area contributed by atoms with Crippen molar-refractivity contribution in [2.24, 2.45) is 0 Å². The summed E-state index contributed by atoms with van der Waals surface area (Å²) in [5.41, 5.74) is 5.74. The number of aliphatic hydroxyl groups is 1. The molecule has 5 aromatic rings. The van der Waals surface area contributed by atoms with Crippen molar-refractivity contribution in [1.82, 2.24) is 24.7 Å². The van der Waals surface area contributed by atoms with Crippen LogP contribution < -0.4 is 5.69 Å². The summed E-state index contributed by atoms with van der Waals surface area (Å²) >= 11 is 0. The van der Waals surface area contributed by atoms with Crippen LogP contribution in [0.3, 0.4) is 0 Å². The highest BCUT2D eigenvalue weighted by Gasteiger charge is 2.21. The molecular formula is C23H21N5O3. The van der Waals surface area contributed by atoms with E-state index in [1.54, 1.807) is 17.0 Å². The van der Waals surface area contributed by atoms with Gasteiger partial charge in [-0.1, -0.05) is 11.2 Å². The molecule has 0 fully saturated rings. The van der Waals surface area contributed by atoms with E-state index in [1.165, 1.54) is 0 Å². The molecule has 0 spiro atoms. The number of benzene rings is 1. The maximum Gasteiger partial charge on any atom is 0.327 e. The number of aliphatic hydroxyl groups excluding tert-OH is 1. The highest BCUT2D eigenvalue weighted by atomic mass is 16.5. The molecule has 0 saturated heterocycles. The predicted molar refractivity (Wildman–Crippen MR) is 117 cm³/mol. The fourth-order valence-electron chi connectivity index (χ4n) is 4.25. The lowest BCUT2D eigenvalue weighted by molar-refractivity contribution is 0.282. The van der Waals surface area contributed by atoms with Gasteiger partial charge in [0, 0.05) is 17.1 Å². The van der Waals surface area contributed by atoms with Crippen LogP contribution in [0.15, 0.2) is 52.0 Å². The summed E-state index contributed by atoms with van der Waals surface area (Å²) in [6.45, 7) is 5.48. The molecule has 4 heterocycles. The standard InChI is InChI=1S/C23H21N5O3/c1-12-21(14(3)31-27-12)16-9-19-17(8-15(16)11-29)22-20(10-25-19)26-23(30)28(22)13(2)18-6-4-5-7-24-18/h4-10,13,29H,11H2,1-3H3,(H,26,30)/t13-/m1/s1. The van der Waals surface area contributed by atoms with Gasteiger partial charge in [0.15, 0.2) is 0 Å². The third kappa shape index (κ3) is 2.95. The average molecular weight is 415 g/mol. The number of aromatic amines is 1. The Kier molecular flexibility index (Phi) is 4.44. The number of fused-ring (bicyclic) bond motifs is 3. The molecule has 4 aromatic heterocycles. The summed E-state index contributed by atoms with van der Waals surface area (Å²) in [6.07, 6.45) is 3.38. The van der Waals surface area contributed by atoms with Gasteiger partial charge in [-0.15, -0.1) is 0 Å². The van der Waals surface area contributed by atoms with Crippen LogP contribution in [0.25, 0.3) is 33.1 Å². The second kappa shape index (κ2) is 7.17. The first-order valence-electron chi connectivity index (χ1n) is 10.0. The third-order valence-electron chi connectivity index (χ3n) is 5.74. The van der Waals surface area contributed by atoms with Gasteiger partial charge in [-0.05, 0) is 56.2 Å². The van der Waals surface area contributed by atoms with E-state index in [0.29, 0.717) is 22.4 Å². The van der Waals surface area contributed by atoms with Crippen LogP contribution in [-0.2, 0) is 6.61 Å². The lowest BCUT2D eigenvalue weighted by atomic mass is 9.96. The van der Waals surface area contributed by atoms with Gasteiger partial charge in [0.1, 0.15) is 5.76 Å². The summed E-state index contributed by atoms with van der Waals surface area (Å²) in [7, 11) is 0. The van der Waals surface area contributed by atoms with E-state index < -0.39 is 0 Å². The van der Waals surface area contributed by atoms with Crippen LogP contribution in [0.4, 0.5) is 0 Å². The van der Waals surface area contributed by atoms with Crippen LogP contribution in [0.2, 0.25) is 0 Å². The number of aryl methyl sites for hydroxylation is 2. The van der Waals surface area contributed by atoms with Crippen LogP contribution in [-0.4, -0.2) is 29.8 Å². The van der Waals surface area contributed by atoms with Crippen molar-refractivity contribution in [2.45, 2.75) is 33.4 Å². The van der Waals surface area contributed by atoms with Gasteiger partial charge in [-0.3, -0.25) is 14.5 Å². The molecule has 156 valence electrons. The monoisotopic (exact) mass is 415 g/mol. The minimum Gasteiger partial charge on any atom is -0.392 e. The fourth-order valence-corrected chi connectivity index (χ4v) is 4.25. The summed E-state index contributed by atoms with van der Waals surface area (Å²) in [5, 5.41) is 14.9. The first-order valence-corrected chi connectivity index (χ1v) is 10.0. The molecule has 31 heavy (non-hydrogen) atoms. The van der Waals surface area contributed by atoms with Crippen LogP contribution in [0.1, 0.15) is 35.7 Å². The van der Waals surface area contributed by atoms with E-state index in [1.807, 2.05) is 51.1 Å². The zero-order valence-corrected chi connectivity index (χ0v) is 17.4. The van der Waals surface area contributed by atoms with Crippen molar-refractivity contribution in [2.75, 3.05) is 0 Å². The van der Waals surface area contributed by atoms with Gasteiger partial charge in [-0.25, -0.2) is 4.79 Å². The van der Waals surface area contributed by atoms with Crippen LogP contribution in [0.5, 0.6) is 0 Å². The van der Waals surface area contributed by atoms with Crippen molar-refractivity contribution >= 4 is 21.9 Å². The zero-order chi connectivity index (χ0) is 21.7. The van der Waals surface area contributed by atoms with Gasteiger partial charge in [0.2, 0.25) is 0 Å². The molecule has 8 heteroatoms. The number of nitrogens with one attached hydrogen (secondary N) is 1. The number of H-pyrrole nitrogens is 1. The Morgan fingerprint density at radius 2 is 2.06 bits per heavy atom. The highest BCUT2D eigenvalue weighted by Crippen LogP contribution is 2.35. The Bertz CT molecular complexity index is 1460. The second-order valence-corrected chi connectivity index (χ2v) is 7.64. The topological polar surface area (TPSA) is 110 Å². The smallest absolute Gasteiger partial charge is 0.327 e. The number of rotatable bonds is 4. The third-order valence-corrected chi connectivity index (χ3v) is 5.74. The minimum absolute atomic E-state index is 0.170. The molecule has 1 aromatic carbocycles. The molecule has 0 aliphatic carbocycles. The normalized spacial score (nSPS) is 12.6. The Labute approximate surface area is 177 Å². The average Bonchev–Trinajstić information content (AvgIpc) is 3.30. The lowest BCUT2D eigenvalue weighted by Gasteiger charge is -2.15. The SMILES string of the molecule is Cc1noc(C)c1-c1cc2ncc3[nH]c(=O)n([C@H](C)c4ccccn4)c3c2cc1CO. The number of hydrogen-bond donors (Lipinski definition) is 2. The predicted octanol–water partition coefficient (Wildman–Crippen LogP) is 3.65. The zero-order valence-electron chi connectivity index (χ0n) is 17.4. The summed E-state index contributed by atoms with van der Waals surface area (Å²) in [6, 6.07) is 9.16. The van der Waals surface area contributed by atoms with E-state index in [0.717, 1.165) is 33.4 Å². The number of hydrogen-bond acceptors (Lipinski definition) is 6. The Morgan fingerprint density at radius 3 is 2.74 bits per heavy atom. The Morgan fingerprint density at radius 1 is 1.23 bits per heavy atom. The molecule has 0 saturated carbocycles. The van der Waals surface area contributed by atoms with Crippen LogP contribution >= 0.6 is 0 Å². The van der Waals surface area contributed by atoms with Crippen molar-refractivity contribution in [3.63, 3.8) is 0 Å². The lowest BCUT2D eigenvalue weighted by Crippen LogP contribution is -2.21. The molecule has 0 radical (unpaired) electrons. The molecule has 0 amide bonds. The first kappa shape index (κ1) is 19.2. The molecule has 5 rings (SSSR count). The summed E-state index contributed by atoms with van der Waals surface area (Å²) < 4.78 is 7.02. The molecule has 8 nitrogen and oxygen atoms in total. The molecule has 0 aliphatic heterocycles. The first-order chi connectivity index (χ1) is 15.0.